The van der Waals surface area contributed by atoms with Crippen molar-refractivity contribution in [2.75, 3.05) is 6.54 Å². The Morgan fingerprint density at radius 1 is 1.45 bits per heavy atom. The molecule has 3 heterocycles. The fourth-order valence-corrected chi connectivity index (χ4v) is 3.15. The van der Waals surface area contributed by atoms with E-state index in [4.69, 9.17) is 0 Å². The average molecular weight is 302 g/mol. The van der Waals surface area contributed by atoms with E-state index in [1.54, 1.807) is 11.0 Å². The molecule has 0 bridgehead atoms. The number of carbonyl (C=O) groups is 1. The van der Waals surface area contributed by atoms with Crippen molar-refractivity contribution in [3.05, 3.63) is 30.1 Å². The SMILES string of the molecule is Cc1cc(C)n(C[C@@H]2CCCN2C(=O)[C@@H](C)n2cncn2)n1. The fraction of sp³-hybridized carbons (Fsp3) is 0.600. The Morgan fingerprint density at radius 2 is 2.27 bits per heavy atom. The first-order valence-electron chi connectivity index (χ1n) is 7.72. The summed E-state index contributed by atoms with van der Waals surface area (Å²) in [5.74, 6) is 0.106. The molecule has 22 heavy (non-hydrogen) atoms. The van der Waals surface area contributed by atoms with E-state index in [1.165, 1.54) is 6.33 Å². The van der Waals surface area contributed by atoms with Gasteiger partial charge in [0.05, 0.1) is 18.3 Å². The molecule has 1 fully saturated rings. The summed E-state index contributed by atoms with van der Waals surface area (Å²) in [4.78, 5) is 18.6. The first-order valence-corrected chi connectivity index (χ1v) is 7.72. The number of carbonyl (C=O) groups excluding carboxylic acids is 1. The van der Waals surface area contributed by atoms with Crippen LogP contribution < -0.4 is 0 Å². The highest BCUT2D eigenvalue weighted by atomic mass is 16.2. The molecule has 7 heteroatoms. The van der Waals surface area contributed by atoms with E-state index in [0.717, 1.165) is 37.3 Å². The number of likely N-dealkylation sites (tertiary alicyclic amines) is 1. The van der Waals surface area contributed by atoms with Crippen molar-refractivity contribution in [3.8, 4) is 0 Å². The molecule has 0 saturated carbocycles. The molecule has 2 aromatic heterocycles. The van der Waals surface area contributed by atoms with E-state index >= 15 is 0 Å². The lowest BCUT2D eigenvalue weighted by Crippen LogP contribution is -2.42. The number of amides is 1. The second-order valence-corrected chi connectivity index (χ2v) is 5.99. The van der Waals surface area contributed by atoms with Crippen LogP contribution in [0.1, 0.15) is 37.2 Å². The van der Waals surface area contributed by atoms with Gasteiger partial charge in [0, 0.05) is 12.2 Å². The predicted molar refractivity (Wildman–Crippen MR) is 81.2 cm³/mol. The van der Waals surface area contributed by atoms with Crippen molar-refractivity contribution in [2.24, 2.45) is 0 Å². The Morgan fingerprint density at radius 3 is 2.91 bits per heavy atom. The number of hydrogen-bond donors (Lipinski definition) is 0. The maximum absolute atomic E-state index is 12.7. The van der Waals surface area contributed by atoms with Crippen LogP contribution in [0.2, 0.25) is 0 Å². The van der Waals surface area contributed by atoms with Gasteiger partial charge in [-0.1, -0.05) is 0 Å². The third-order valence-electron chi connectivity index (χ3n) is 4.34. The molecule has 3 rings (SSSR count). The van der Waals surface area contributed by atoms with Gasteiger partial charge in [0.1, 0.15) is 18.7 Å². The molecule has 0 radical (unpaired) electrons. The highest BCUT2D eigenvalue weighted by Gasteiger charge is 2.32. The van der Waals surface area contributed by atoms with Gasteiger partial charge < -0.3 is 4.90 Å². The summed E-state index contributed by atoms with van der Waals surface area (Å²) in [6, 6.07) is 1.96. The molecule has 1 aliphatic heterocycles. The maximum atomic E-state index is 12.7. The quantitative estimate of drug-likeness (QED) is 0.855. The molecule has 0 aliphatic carbocycles. The fourth-order valence-electron chi connectivity index (χ4n) is 3.15. The number of nitrogens with zero attached hydrogens (tertiary/aromatic N) is 6. The Bertz CT molecular complexity index is 647. The molecule has 118 valence electrons. The van der Waals surface area contributed by atoms with Crippen molar-refractivity contribution in [1.29, 1.82) is 0 Å². The maximum Gasteiger partial charge on any atom is 0.247 e. The van der Waals surface area contributed by atoms with E-state index in [1.807, 2.05) is 23.4 Å². The van der Waals surface area contributed by atoms with Crippen LogP contribution in [0.25, 0.3) is 0 Å². The highest BCUT2D eigenvalue weighted by Crippen LogP contribution is 2.23. The molecule has 0 spiro atoms. The normalized spacial score (nSPS) is 19.6. The lowest BCUT2D eigenvalue weighted by atomic mass is 10.2. The van der Waals surface area contributed by atoms with Crippen LogP contribution >= 0.6 is 0 Å². The van der Waals surface area contributed by atoms with Crippen molar-refractivity contribution >= 4 is 5.91 Å². The van der Waals surface area contributed by atoms with Gasteiger partial charge in [-0.3, -0.25) is 9.48 Å². The predicted octanol–water partition coefficient (Wildman–Crippen LogP) is 1.34. The summed E-state index contributed by atoms with van der Waals surface area (Å²) < 4.78 is 3.62. The number of rotatable bonds is 4. The van der Waals surface area contributed by atoms with E-state index in [0.29, 0.717) is 0 Å². The number of hydrogen-bond acceptors (Lipinski definition) is 4. The number of aromatic nitrogens is 5. The lowest BCUT2D eigenvalue weighted by Gasteiger charge is -2.27. The molecule has 1 amide bonds. The van der Waals surface area contributed by atoms with Crippen LogP contribution in [0, 0.1) is 13.8 Å². The van der Waals surface area contributed by atoms with Crippen LogP contribution in [0.4, 0.5) is 0 Å². The Kier molecular flexibility index (Phi) is 3.96. The van der Waals surface area contributed by atoms with Gasteiger partial charge in [0.25, 0.3) is 0 Å². The van der Waals surface area contributed by atoms with Gasteiger partial charge in [-0.2, -0.15) is 10.2 Å². The van der Waals surface area contributed by atoms with Crippen molar-refractivity contribution in [1.82, 2.24) is 29.4 Å². The summed E-state index contributed by atoms with van der Waals surface area (Å²) in [7, 11) is 0. The molecule has 2 atom stereocenters. The van der Waals surface area contributed by atoms with Gasteiger partial charge >= 0.3 is 0 Å². The summed E-state index contributed by atoms with van der Waals surface area (Å²) in [5, 5.41) is 8.59. The minimum absolute atomic E-state index is 0.106. The van der Waals surface area contributed by atoms with E-state index in [2.05, 4.69) is 28.2 Å². The largest absolute Gasteiger partial charge is 0.336 e. The Balaban J connectivity index is 1.72. The van der Waals surface area contributed by atoms with Crippen LogP contribution in [-0.4, -0.2) is 47.9 Å². The van der Waals surface area contributed by atoms with Crippen LogP contribution in [0.15, 0.2) is 18.7 Å². The minimum atomic E-state index is -0.316. The Hall–Kier alpha value is -2.18. The highest BCUT2D eigenvalue weighted by molar-refractivity contribution is 5.80. The first-order chi connectivity index (χ1) is 10.6. The van der Waals surface area contributed by atoms with Gasteiger partial charge in [-0.05, 0) is 39.7 Å². The second-order valence-electron chi connectivity index (χ2n) is 5.99. The summed E-state index contributed by atoms with van der Waals surface area (Å²) in [6.45, 7) is 7.49. The van der Waals surface area contributed by atoms with Gasteiger partial charge in [0.2, 0.25) is 5.91 Å². The van der Waals surface area contributed by atoms with Crippen LogP contribution in [0.5, 0.6) is 0 Å². The molecule has 7 nitrogen and oxygen atoms in total. The van der Waals surface area contributed by atoms with Crippen molar-refractivity contribution in [2.45, 2.75) is 52.2 Å². The van der Waals surface area contributed by atoms with Gasteiger partial charge in [0.15, 0.2) is 0 Å². The van der Waals surface area contributed by atoms with Crippen molar-refractivity contribution in [3.63, 3.8) is 0 Å². The molecule has 1 aliphatic rings. The van der Waals surface area contributed by atoms with E-state index < -0.39 is 0 Å². The molecule has 0 aromatic carbocycles. The van der Waals surface area contributed by atoms with E-state index in [-0.39, 0.29) is 18.0 Å². The van der Waals surface area contributed by atoms with Crippen LogP contribution in [-0.2, 0) is 11.3 Å². The molecular weight excluding hydrogens is 280 g/mol. The second kappa shape index (κ2) is 5.90. The molecule has 0 N–H and O–H groups in total. The first kappa shape index (κ1) is 14.7. The van der Waals surface area contributed by atoms with E-state index in [9.17, 15) is 4.79 Å². The van der Waals surface area contributed by atoms with Crippen molar-refractivity contribution < 1.29 is 4.79 Å². The smallest absolute Gasteiger partial charge is 0.247 e. The third kappa shape index (κ3) is 2.75. The zero-order valence-corrected chi connectivity index (χ0v) is 13.3. The molecule has 2 aromatic rings. The molecular formula is C15H22N6O. The summed E-state index contributed by atoms with van der Waals surface area (Å²) in [6.07, 6.45) is 5.11. The summed E-state index contributed by atoms with van der Waals surface area (Å²) in [5.41, 5.74) is 2.16. The topological polar surface area (TPSA) is 68.8 Å². The zero-order chi connectivity index (χ0) is 15.7. The zero-order valence-electron chi connectivity index (χ0n) is 13.3. The Labute approximate surface area is 129 Å². The standard InChI is InChI=1S/C15H22N6O/c1-11-7-12(2)20(18-11)8-14-5-4-6-19(14)15(22)13(3)21-10-16-9-17-21/h7,9-10,13-14H,4-6,8H2,1-3H3/t13-,14+/m1/s1. The summed E-state index contributed by atoms with van der Waals surface area (Å²) >= 11 is 0. The minimum Gasteiger partial charge on any atom is -0.336 e. The average Bonchev–Trinajstić information content (AvgIpc) is 3.20. The lowest BCUT2D eigenvalue weighted by molar-refractivity contribution is -0.135. The monoisotopic (exact) mass is 302 g/mol. The van der Waals surface area contributed by atoms with Gasteiger partial charge in [-0.15, -0.1) is 0 Å². The van der Waals surface area contributed by atoms with Gasteiger partial charge in [-0.25, -0.2) is 9.67 Å². The molecule has 0 unspecified atom stereocenters. The van der Waals surface area contributed by atoms with Crippen LogP contribution in [0.3, 0.4) is 0 Å². The third-order valence-corrected chi connectivity index (χ3v) is 4.34. The molecule has 1 saturated heterocycles. The number of aryl methyl sites for hydroxylation is 2.